The number of carboxylic acid groups (broad SMARTS) is 1. The van der Waals surface area contributed by atoms with E-state index >= 15 is 0 Å². The highest BCUT2D eigenvalue weighted by atomic mass is 16.6. The first kappa shape index (κ1) is 22.5. The minimum absolute atomic E-state index is 0.0648. The molecule has 3 heterocycles. The maximum absolute atomic E-state index is 10.7. The van der Waals surface area contributed by atoms with Gasteiger partial charge < -0.3 is 30.9 Å². The van der Waals surface area contributed by atoms with Gasteiger partial charge in [-0.3, -0.25) is 9.36 Å². The molecule has 13 nitrogen and oxygen atoms in total. The number of ether oxygens (including phenoxy) is 1. The summed E-state index contributed by atoms with van der Waals surface area (Å²) in [6, 6.07) is 7.25. The number of benzene rings is 1. The Hall–Kier alpha value is -3.65. The van der Waals surface area contributed by atoms with Crippen molar-refractivity contribution in [2.75, 3.05) is 17.8 Å². The molecule has 1 aromatic carbocycles. The Bertz CT molecular complexity index is 1170. The number of carbonyl (C=O) groups is 1. The van der Waals surface area contributed by atoms with Gasteiger partial charge in [0.05, 0.1) is 19.1 Å². The van der Waals surface area contributed by atoms with E-state index in [9.17, 15) is 20.1 Å². The Morgan fingerprint density at radius 3 is 2.67 bits per heavy atom. The van der Waals surface area contributed by atoms with Gasteiger partial charge in [0.15, 0.2) is 17.7 Å². The van der Waals surface area contributed by atoms with Gasteiger partial charge in [-0.15, -0.1) is 0 Å². The lowest BCUT2D eigenvalue weighted by Crippen LogP contribution is -2.33. The maximum atomic E-state index is 10.7. The maximum Gasteiger partial charge on any atom is 0.303 e. The number of aryl methyl sites for hydroxylation is 1. The van der Waals surface area contributed by atoms with E-state index in [4.69, 9.17) is 15.6 Å². The number of nitrogens with one attached hydrogen (secondary N) is 1. The Balaban J connectivity index is 1.50. The Kier molecular flexibility index (Phi) is 6.46. The fourth-order valence-electron chi connectivity index (χ4n) is 3.47. The highest BCUT2D eigenvalue weighted by Gasteiger charge is 2.44. The molecule has 2 aromatic heterocycles. The minimum atomic E-state index is -1.30. The molecule has 174 valence electrons. The van der Waals surface area contributed by atoms with Crippen LogP contribution in [0.5, 0.6) is 0 Å². The van der Waals surface area contributed by atoms with Crippen molar-refractivity contribution >= 4 is 35.1 Å². The Labute approximate surface area is 187 Å². The molecule has 0 radical (unpaired) electrons. The van der Waals surface area contributed by atoms with Crippen LogP contribution in [0.25, 0.3) is 11.2 Å². The van der Waals surface area contributed by atoms with Crippen LogP contribution in [0, 0.1) is 0 Å². The molecule has 4 rings (SSSR count). The number of hydrogen-bond acceptors (Lipinski definition) is 11. The highest BCUT2D eigenvalue weighted by Crippen LogP contribution is 2.32. The number of aliphatic hydroxyl groups is 3. The molecule has 0 spiro atoms. The van der Waals surface area contributed by atoms with E-state index in [1.54, 1.807) is 12.1 Å². The second-order valence-electron chi connectivity index (χ2n) is 7.49. The average molecular weight is 457 g/mol. The van der Waals surface area contributed by atoms with E-state index in [1.807, 2.05) is 12.1 Å². The second kappa shape index (κ2) is 9.46. The van der Waals surface area contributed by atoms with E-state index < -0.39 is 37.1 Å². The third-order valence-corrected chi connectivity index (χ3v) is 5.23. The predicted octanol–water partition coefficient (Wildman–Crippen LogP) is -0.517. The summed E-state index contributed by atoms with van der Waals surface area (Å²) in [6.07, 6.45) is -1.13. The van der Waals surface area contributed by atoms with Crippen molar-refractivity contribution in [2.24, 2.45) is 5.10 Å². The third-order valence-electron chi connectivity index (χ3n) is 5.23. The number of imidazole rings is 1. The lowest BCUT2D eigenvalue weighted by Gasteiger charge is -2.16. The number of aliphatic hydroxyl groups excluding tert-OH is 3. The van der Waals surface area contributed by atoms with Crippen LogP contribution < -0.4 is 11.2 Å². The number of aromatic nitrogens is 4. The molecule has 4 atom stereocenters. The molecular formula is C20H23N7O6. The van der Waals surface area contributed by atoms with E-state index in [1.165, 1.54) is 17.1 Å². The number of hydrogen-bond donors (Lipinski definition) is 6. The van der Waals surface area contributed by atoms with Crippen LogP contribution in [0.15, 0.2) is 35.7 Å². The smallest absolute Gasteiger partial charge is 0.303 e. The SMILES string of the molecule is Nc1nc(N/N=C/c2ccc(CCC(=O)O)cc2)nc2c1ncn2[C@@H]1O[C@H](CO)[C@@H](O)[C@H]1O. The van der Waals surface area contributed by atoms with Crippen LogP contribution in [-0.4, -0.2) is 77.0 Å². The number of nitrogens with zero attached hydrogens (tertiary/aromatic N) is 5. The Morgan fingerprint density at radius 1 is 1.24 bits per heavy atom. The fourth-order valence-corrected chi connectivity index (χ4v) is 3.47. The summed E-state index contributed by atoms with van der Waals surface area (Å²) in [5.74, 6) is -0.699. The van der Waals surface area contributed by atoms with Gasteiger partial charge in [0, 0.05) is 6.42 Å². The normalized spacial score (nSPS) is 22.9. The van der Waals surface area contributed by atoms with Crippen molar-refractivity contribution in [3.8, 4) is 0 Å². The van der Waals surface area contributed by atoms with Crippen molar-refractivity contribution in [1.82, 2.24) is 19.5 Å². The summed E-state index contributed by atoms with van der Waals surface area (Å²) in [6.45, 7) is -0.458. The van der Waals surface area contributed by atoms with E-state index in [-0.39, 0.29) is 29.4 Å². The van der Waals surface area contributed by atoms with Crippen LogP contribution >= 0.6 is 0 Å². The van der Waals surface area contributed by atoms with Crippen molar-refractivity contribution in [1.29, 1.82) is 0 Å². The molecular weight excluding hydrogens is 434 g/mol. The summed E-state index contributed by atoms with van der Waals surface area (Å²) in [7, 11) is 0. The van der Waals surface area contributed by atoms with Crippen LogP contribution in [0.2, 0.25) is 0 Å². The molecule has 0 amide bonds. The molecule has 33 heavy (non-hydrogen) atoms. The fraction of sp³-hybridized carbons (Fsp3) is 0.350. The number of fused-ring (bicyclic) bond motifs is 1. The molecule has 1 aliphatic rings. The van der Waals surface area contributed by atoms with Crippen LogP contribution in [-0.2, 0) is 16.0 Å². The molecule has 1 aliphatic heterocycles. The first-order valence-corrected chi connectivity index (χ1v) is 10.1. The van der Waals surface area contributed by atoms with Crippen LogP contribution in [0.3, 0.4) is 0 Å². The molecule has 1 saturated heterocycles. The highest BCUT2D eigenvalue weighted by molar-refractivity contribution is 5.83. The number of nitrogens with two attached hydrogens (primary N) is 1. The predicted molar refractivity (Wildman–Crippen MR) is 116 cm³/mol. The van der Waals surface area contributed by atoms with E-state index in [0.29, 0.717) is 6.42 Å². The zero-order valence-corrected chi connectivity index (χ0v) is 17.3. The third kappa shape index (κ3) is 4.75. The molecule has 0 unspecified atom stereocenters. The van der Waals surface area contributed by atoms with Crippen molar-refractivity contribution in [3.05, 3.63) is 41.7 Å². The quantitative estimate of drug-likeness (QED) is 0.188. The standard InChI is InChI=1S/C20H23N7O6/c21-17-14-18(27(9-22-14)19-16(32)15(31)12(8-28)33-19)25-20(24-17)26-23-7-11-3-1-10(2-4-11)5-6-13(29)30/h1-4,7,9,12,15-16,19,28,31-32H,5-6,8H2,(H,29,30)(H3,21,24,25,26)/b23-7+/t12-,15-,16-,19-/m1/s1. The number of nitrogen functional groups attached to an aromatic ring is 1. The molecule has 13 heteroatoms. The summed E-state index contributed by atoms with van der Waals surface area (Å²) in [4.78, 5) is 23.3. The lowest BCUT2D eigenvalue weighted by atomic mass is 10.1. The molecule has 0 saturated carbocycles. The Morgan fingerprint density at radius 2 is 2.00 bits per heavy atom. The van der Waals surface area contributed by atoms with Gasteiger partial charge in [0.2, 0.25) is 5.95 Å². The molecule has 0 bridgehead atoms. The number of rotatable bonds is 8. The monoisotopic (exact) mass is 457 g/mol. The first-order chi connectivity index (χ1) is 15.9. The minimum Gasteiger partial charge on any atom is -0.481 e. The lowest BCUT2D eigenvalue weighted by molar-refractivity contribution is -0.136. The van der Waals surface area contributed by atoms with Crippen LogP contribution in [0.4, 0.5) is 11.8 Å². The van der Waals surface area contributed by atoms with Gasteiger partial charge in [-0.05, 0) is 17.5 Å². The number of carboxylic acids is 1. The van der Waals surface area contributed by atoms with Gasteiger partial charge >= 0.3 is 5.97 Å². The van der Waals surface area contributed by atoms with Crippen molar-refractivity contribution in [3.63, 3.8) is 0 Å². The van der Waals surface area contributed by atoms with Gasteiger partial charge in [0.25, 0.3) is 0 Å². The zero-order chi connectivity index (χ0) is 23.5. The summed E-state index contributed by atoms with van der Waals surface area (Å²) in [5.41, 5.74) is 10.9. The molecule has 0 aliphatic carbocycles. The van der Waals surface area contributed by atoms with Gasteiger partial charge in [-0.25, -0.2) is 10.4 Å². The largest absolute Gasteiger partial charge is 0.481 e. The topological polar surface area (TPSA) is 201 Å². The van der Waals surface area contributed by atoms with E-state index in [2.05, 4.69) is 25.5 Å². The molecule has 7 N–H and O–H groups in total. The summed E-state index contributed by atoms with van der Waals surface area (Å²) in [5, 5.41) is 42.5. The van der Waals surface area contributed by atoms with E-state index in [0.717, 1.165) is 11.1 Å². The van der Waals surface area contributed by atoms with Crippen molar-refractivity contribution < 1.29 is 30.0 Å². The summed E-state index contributed by atoms with van der Waals surface area (Å²) >= 11 is 0. The number of aliphatic carboxylic acids is 1. The summed E-state index contributed by atoms with van der Waals surface area (Å²) < 4.78 is 6.94. The van der Waals surface area contributed by atoms with Gasteiger partial charge in [-0.2, -0.15) is 15.1 Å². The van der Waals surface area contributed by atoms with Crippen LogP contribution in [0.1, 0.15) is 23.8 Å². The van der Waals surface area contributed by atoms with Gasteiger partial charge in [0.1, 0.15) is 23.8 Å². The van der Waals surface area contributed by atoms with Crippen molar-refractivity contribution in [2.45, 2.75) is 37.4 Å². The second-order valence-corrected chi connectivity index (χ2v) is 7.49. The number of hydrazone groups is 1. The number of anilines is 2. The zero-order valence-electron chi connectivity index (χ0n) is 17.3. The van der Waals surface area contributed by atoms with Gasteiger partial charge in [-0.1, -0.05) is 24.3 Å². The molecule has 3 aromatic rings. The molecule has 1 fully saturated rings. The first-order valence-electron chi connectivity index (χ1n) is 10.1. The average Bonchev–Trinajstić information content (AvgIpc) is 3.34.